The maximum Gasteiger partial charge on any atom is 0.124 e. The zero-order chi connectivity index (χ0) is 7.56. The van der Waals surface area contributed by atoms with Gasteiger partial charge in [-0.25, -0.2) is 0 Å². The Morgan fingerprint density at radius 3 is 2.70 bits per heavy atom. The number of nitrogens with two attached hydrogens (primary N) is 1. The first kappa shape index (κ1) is 6.61. The molecule has 1 aromatic carbocycles. The first-order valence-electron chi connectivity index (χ1n) is 2.83. The number of phenols is 1. The molecule has 0 aromatic heterocycles. The van der Waals surface area contributed by atoms with Gasteiger partial charge in [0.2, 0.25) is 0 Å². The molecule has 4 N–H and O–H groups in total. The summed E-state index contributed by atoms with van der Waals surface area (Å²) in [5, 5.41) is 15.9. The van der Waals surface area contributed by atoms with E-state index in [-0.39, 0.29) is 5.75 Å². The van der Waals surface area contributed by atoms with E-state index in [1.807, 2.05) is 0 Å². The molecule has 52 valence electrons. The molecule has 1 aromatic rings. The Kier molecular flexibility index (Phi) is 1.58. The van der Waals surface area contributed by atoms with Crippen LogP contribution in [0.15, 0.2) is 18.2 Å². The molecular formula is C7H8N2O. The molecule has 0 aliphatic rings. The molecule has 0 aliphatic heterocycles. The lowest BCUT2D eigenvalue weighted by Gasteiger charge is -1.97. The van der Waals surface area contributed by atoms with Crippen molar-refractivity contribution in [2.45, 2.75) is 0 Å². The number of phenolic OH excluding ortho intramolecular Hbond substituents is 1. The minimum Gasteiger partial charge on any atom is -0.507 e. The molecular weight excluding hydrogens is 128 g/mol. The van der Waals surface area contributed by atoms with Gasteiger partial charge in [0, 0.05) is 17.5 Å². The molecule has 0 bridgehead atoms. The van der Waals surface area contributed by atoms with E-state index in [2.05, 4.69) is 0 Å². The summed E-state index contributed by atoms with van der Waals surface area (Å²) in [6.07, 6.45) is 1.06. The average Bonchev–Trinajstić information content (AvgIpc) is 1.94. The SMILES string of the molecule is N=Cc1cc(N)ccc1O. The van der Waals surface area contributed by atoms with Gasteiger partial charge in [-0.1, -0.05) is 0 Å². The van der Waals surface area contributed by atoms with E-state index in [4.69, 9.17) is 16.2 Å². The number of benzene rings is 1. The highest BCUT2D eigenvalue weighted by Crippen LogP contribution is 2.16. The van der Waals surface area contributed by atoms with E-state index in [1.54, 1.807) is 12.1 Å². The molecule has 0 saturated heterocycles. The fourth-order valence-electron chi connectivity index (χ4n) is 0.689. The van der Waals surface area contributed by atoms with E-state index in [0.717, 1.165) is 6.21 Å². The van der Waals surface area contributed by atoms with E-state index < -0.39 is 0 Å². The molecule has 0 amide bonds. The summed E-state index contributed by atoms with van der Waals surface area (Å²) < 4.78 is 0. The van der Waals surface area contributed by atoms with Crippen molar-refractivity contribution in [3.8, 4) is 5.75 Å². The summed E-state index contributed by atoms with van der Waals surface area (Å²) >= 11 is 0. The largest absolute Gasteiger partial charge is 0.507 e. The van der Waals surface area contributed by atoms with E-state index >= 15 is 0 Å². The van der Waals surface area contributed by atoms with Gasteiger partial charge in [-0.05, 0) is 18.2 Å². The molecule has 0 heterocycles. The second kappa shape index (κ2) is 2.39. The second-order valence-corrected chi connectivity index (χ2v) is 1.96. The van der Waals surface area contributed by atoms with Crippen LogP contribution in [0.3, 0.4) is 0 Å². The third-order valence-electron chi connectivity index (χ3n) is 1.21. The number of rotatable bonds is 1. The number of anilines is 1. The van der Waals surface area contributed by atoms with Crippen molar-refractivity contribution in [3.63, 3.8) is 0 Å². The summed E-state index contributed by atoms with van der Waals surface area (Å²) in [5.41, 5.74) is 6.39. The van der Waals surface area contributed by atoms with E-state index in [1.165, 1.54) is 6.07 Å². The van der Waals surface area contributed by atoms with Gasteiger partial charge in [-0.3, -0.25) is 0 Å². The van der Waals surface area contributed by atoms with E-state index in [0.29, 0.717) is 11.3 Å². The maximum absolute atomic E-state index is 9.03. The van der Waals surface area contributed by atoms with Crippen molar-refractivity contribution in [2.24, 2.45) is 0 Å². The lowest BCUT2D eigenvalue weighted by atomic mass is 10.2. The van der Waals surface area contributed by atoms with Crippen LogP contribution < -0.4 is 5.73 Å². The molecule has 3 heteroatoms. The molecule has 0 saturated carbocycles. The van der Waals surface area contributed by atoms with Crippen LogP contribution in [-0.2, 0) is 0 Å². The lowest BCUT2D eigenvalue weighted by Crippen LogP contribution is -1.87. The summed E-state index contributed by atoms with van der Waals surface area (Å²) in [6.45, 7) is 0. The van der Waals surface area contributed by atoms with Crippen LogP contribution in [0.1, 0.15) is 5.56 Å². The van der Waals surface area contributed by atoms with Gasteiger partial charge in [0.1, 0.15) is 5.75 Å². The van der Waals surface area contributed by atoms with Gasteiger partial charge < -0.3 is 16.2 Å². The summed E-state index contributed by atoms with van der Waals surface area (Å²) in [6, 6.07) is 4.60. The van der Waals surface area contributed by atoms with Crippen LogP contribution in [0, 0.1) is 5.41 Å². The van der Waals surface area contributed by atoms with Crippen LogP contribution in [0.5, 0.6) is 5.75 Å². The minimum absolute atomic E-state index is 0.0872. The summed E-state index contributed by atoms with van der Waals surface area (Å²) in [5.74, 6) is 0.0872. The lowest BCUT2D eigenvalue weighted by molar-refractivity contribution is 0.474. The quantitative estimate of drug-likeness (QED) is 0.306. The van der Waals surface area contributed by atoms with Crippen molar-refractivity contribution in [1.82, 2.24) is 0 Å². The van der Waals surface area contributed by atoms with Gasteiger partial charge in [0.25, 0.3) is 0 Å². The van der Waals surface area contributed by atoms with Crippen molar-refractivity contribution in [2.75, 3.05) is 5.73 Å². The predicted molar refractivity (Wildman–Crippen MR) is 40.4 cm³/mol. The Balaban J connectivity index is 3.21. The standard InChI is InChI=1S/C7H8N2O/c8-4-5-3-6(9)1-2-7(5)10/h1-4,8,10H,9H2. The van der Waals surface area contributed by atoms with Gasteiger partial charge in [-0.15, -0.1) is 0 Å². The summed E-state index contributed by atoms with van der Waals surface area (Å²) in [7, 11) is 0. The van der Waals surface area contributed by atoms with Crippen LogP contribution in [0.4, 0.5) is 5.69 Å². The molecule has 0 atom stereocenters. The third-order valence-corrected chi connectivity index (χ3v) is 1.21. The number of nitrogen functional groups attached to an aromatic ring is 1. The van der Waals surface area contributed by atoms with E-state index in [9.17, 15) is 0 Å². The van der Waals surface area contributed by atoms with Gasteiger partial charge in [-0.2, -0.15) is 0 Å². The van der Waals surface area contributed by atoms with Gasteiger partial charge in [0.05, 0.1) is 0 Å². The normalized spacial score (nSPS) is 9.20. The van der Waals surface area contributed by atoms with Gasteiger partial charge in [0.15, 0.2) is 0 Å². The Morgan fingerprint density at radius 2 is 2.20 bits per heavy atom. The smallest absolute Gasteiger partial charge is 0.124 e. The number of hydrogen-bond donors (Lipinski definition) is 3. The predicted octanol–water partition coefficient (Wildman–Crippen LogP) is 0.972. The molecule has 0 aliphatic carbocycles. The summed E-state index contributed by atoms with van der Waals surface area (Å²) in [4.78, 5) is 0. The number of aromatic hydroxyl groups is 1. The van der Waals surface area contributed by atoms with Gasteiger partial charge >= 0.3 is 0 Å². The van der Waals surface area contributed by atoms with Crippen molar-refractivity contribution >= 4 is 11.9 Å². The highest BCUT2D eigenvalue weighted by Gasteiger charge is 1.95. The fraction of sp³-hybridized carbons (Fsp3) is 0. The second-order valence-electron chi connectivity index (χ2n) is 1.96. The highest BCUT2D eigenvalue weighted by atomic mass is 16.3. The van der Waals surface area contributed by atoms with Crippen LogP contribution >= 0.6 is 0 Å². The Labute approximate surface area is 58.6 Å². The van der Waals surface area contributed by atoms with Crippen molar-refractivity contribution < 1.29 is 5.11 Å². The number of nitrogens with one attached hydrogen (secondary N) is 1. The molecule has 10 heavy (non-hydrogen) atoms. The third kappa shape index (κ3) is 1.07. The highest BCUT2D eigenvalue weighted by molar-refractivity contribution is 5.82. The Bertz CT molecular complexity index is 258. The monoisotopic (exact) mass is 136 g/mol. The van der Waals surface area contributed by atoms with Crippen molar-refractivity contribution in [3.05, 3.63) is 23.8 Å². The molecule has 0 radical (unpaired) electrons. The molecule has 0 spiro atoms. The Hall–Kier alpha value is -1.51. The number of hydrogen-bond acceptors (Lipinski definition) is 3. The average molecular weight is 136 g/mol. The molecule has 1 rings (SSSR count). The zero-order valence-corrected chi connectivity index (χ0v) is 5.33. The zero-order valence-electron chi connectivity index (χ0n) is 5.33. The molecule has 0 unspecified atom stereocenters. The van der Waals surface area contributed by atoms with Crippen LogP contribution in [0.2, 0.25) is 0 Å². The van der Waals surface area contributed by atoms with Crippen molar-refractivity contribution in [1.29, 1.82) is 5.41 Å². The van der Waals surface area contributed by atoms with Crippen LogP contribution in [-0.4, -0.2) is 11.3 Å². The van der Waals surface area contributed by atoms with Crippen LogP contribution in [0.25, 0.3) is 0 Å². The first-order chi connectivity index (χ1) is 4.74. The molecule has 3 nitrogen and oxygen atoms in total. The molecule has 0 fully saturated rings. The maximum atomic E-state index is 9.03. The topological polar surface area (TPSA) is 70.1 Å². The minimum atomic E-state index is 0.0872. The fourth-order valence-corrected chi connectivity index (χ4v) is 0.689. The first-order valence-corrected chi connectivity index (χ1v) is 2.83. The Morgan fingerprint density at radius 1 is 1.50 bits per heavy atom.